The van der Waals surface area contributed by atoms with Gasteiger partial charge in [0.2, 0.25) is 11.8 Å². The molecule has 1 unspecified atom stereocenters. The molecule has 0 saturated heterocycles. The van der Waals surface area contributed by atoms with Crippen LogP contribution in [0, 0.1) is 12.8 Å². The van der Waals surface area contributed by atoms with Gasteiger partial charge in [0.15, 0.2) is 11.5 Å². The summed E-state index contributed by atoms with van der Waals surface area (Å²) in [7, 11) is 6.55. The molecule has 2 heterocycles. The zero-order valence-electron chi connectivity index (χ0n) is 23.5. The van der Waals surface area contributed by atoms with Gasteiger partial charge in [0, 0.05) is 25.5 Å². The molecule has 9 nitrogen and oxygen atoms in total. The topological polar surface area (TPSA) is 96.9 Å². The van der Waals surface area contributed by atoms with Gasteiger partial charge in [-0.2, -0.15) is 0 Å². The molecule has 0 aliphatic carbocycles. The van der Waals surface area contributed by atoms with Crippen molar-refractivity contribution in [3.8, 4) is 22.6 Å². The lowest BCUT2D eigenvalue weighted by Crippen LogP contribution is -2.38. The number of hydrogen-bond acceptors (Lipinski definition) is 9. The van der Waals surface area contributed by atoms with E-state index >= 15 is 0 Å². The normalized spacial score (nSPS) is 17.4. The third-order valence-corrected chi connectivity index (χ3v) is 6.59. The van der Waals surface area contributed by atoms with Crippen molar-refractivity contribution in [2.75, 3.05) is 35.0 Å². The van der Waals surface area contributed by atoms with Crippen molar-refractivity contribution >= 4 is 22.9 Å². The highest BCUT2D eigenvalue weighted by atomic mass is 16.5. The number of rotatable bonds is 9. The molecule has 0 N–H and O–H groups in total. The molecule has 9 heteroatoms. The van der Waals surface area contributed by atoms with Crippen molar-refractivity contribution in [3.05, 3.63) is 41.3 Å². The molecule has 0 spiro atoms. The van der Waals surface area contributed by atoms with E-state index in [2.05, 4.69) is 13.8 Å². The molecule has 1 aliphatic heterocycles. The Balaban J connectivity index is 1.79. The molecule has 1 aliphatic rings. The average Bonchev–Trinajstić information content (AvgIpc) is 3.32. The Morgan fingerprint density at radius 1 is 0.921 bits per heavy atom. The number of hydrogen-bond donors (Lipinski definition) is 0. The van der Waals surface area contributed by atoms with Gasteiger partial charge in [0.05, 0.1) is 40.6 Å². The summed E-state index contributed by atoms with van der Waals surface area (Å²) in [4.78, 5) is 14.4. The van der Waals surface area contributed by atoms with Crippen molar-refractivity contribution < 1.29 is 28.1 Å². The molecule has 4 rings (SSSR count). The third-order valence-electron chi connectivity index (χ3n) is 6.59. The Labute approximate surface area is 223 Å². The van der Waals surface area contributed by atoms with E-state index in [0.29, 0.717) is 54.4 Å². The molecular formula is C29H37N3O6. The number of ether oxygens (including phenoxy) is 5. The summed E-state index contributed by atoms with van der Waals surface area (Å²) in [6.45, 7) is 9.06. The van der Waals surface area contributed by atoms with Gasteiger partial charge in [0.1, 0.15) is 29.1 Å². The van der Waals surface area contributed by atoms with Crippen LogP contribution in [0.1, 0.15) is 37.8 Å². The number of benzene rings is 2. The summed E-state index contributed by atoms with van der Waals surface area (Å²) >= 11 is 0. The van der Waals surface area contributed by atoms with E-state index < -0.39 is 0 Å². The number of aromatic nitrogens is 1. The summed E-state index contributed by atoms with van der Waals surface area (Å²) < 4.78 is 34.6. The van der Waals surface area contributed by atoms with E-state index in [1.165, 1.54) is 0 Å². The van der Waals surface area contributed by atoms with Crippen LogP contribution in [-0.4, -0.2) is 63.9 Å². The van der Waals surface area contributed by atoms with Crippen LogP contribution in [-0.2, 0) is 27.2 Å². The molecule has 3 aromatic rings. The second-order valence-electron chi connectivity index (χ2n) is 9.45. The van der Waals surface area contributed by atoms with E-state index in [1.54, 1.807) is 28.4 Å². The minimum Gasteiger partial charge on any atom is -0.496 e. The highest BCUT2D eigenvalue weighted by Crippen LogP contribution is 2.43. The summed E-state index contributed by atoms with van der Waals surface area (Å²) in [5.74, 6) is 3.31. The number of methoxy groups -OCH3 is 4. The largest absolute Gasteiger partial charge is 0.496 e. The first-order valence-corrected chi connectivity index (χ1v) is 12.8. The number of aryl methyl sites for hydroxylation is 1. The standard InChI is InChI=1S/C29H37N3O6/c1-9-37-15-18-12-22(33-5)24(23(13-18)34-6)20-11-10-19(26-27(20)38-17(4)30-26)14-21-28(35-7)32-25(16(2)3)29(31-21)36-8/h10-13,16,21,25H,9,14-15H2,1-8H3/t21-,25?/m0/s1. The lowest BCUT2D eigenvalue weighted by atomic mass is 9.95. The highest BCUT2D eigenvalue weighted by molar-refractivity contribution is 5.97. The molecule has 0 saturated carbocycles. The van der Waals surface area contributed by atoms with E-state index in [-0.39, 0.29) is 18.0 Å². The molecule has 0 fully saturated rings. The molecule has 2 atom stereocenters. The fourth-order valence-corrected chi connectivity index (χ4v) is 4.76. The number of fused-ring (bicyclic) bond motifs is 1. The van der Waals surface area contributed by atoms with Gasteiger partial charge in [-0.05, 0) is 42.2 Å². The summed E-state index contributed by atoms with van der Waals surface area (Å²) in [5.41, 5.74) is 4.94. The Morgan fingerprint density at radius 3 is 2.18 bits per heavy atom. The van der Waals surface area contributed by atoms with E-state index in [0.717, 1.165) is 27.8 Å². The number of oxazole rings is 1. The molecule has 38 heavy (non-hydrogen) atoms. The van der Waals surface area contributed by atoms with Gasteiger partial charge < -0.3 is 28.1 Å². The monoisotopic (exact) mass is 523 g/mol. The predicted octanol–water partition coefficient (Wildman–Crippen LogP) is 5.40. The summed E-state index contributed by atoms with van der Waals surface area (Å²) in [6, 6.07) is 7.47. The van der Waals surface area contributed by atoms with Crippen LogP contribution < -0.4 is 9.47 Å². The molecule has 0 amide bonds. The number of nitrogens with zero attached hydrogens (tertiary/aromatic N) is 3. The first kappa shape index (κ1) is 27.4. The van der Waals surface area contributed by atoms with Gasteiger partial charge >= 0.3 is 0 Å². The molecule has 204 valence electrons. The molecule has 0 bridgehead atoms. The predicted molar refractivity (Wildman–Crippen MR) is 148 cm³/mol. The van der Waals surface area contributed by atoms with E-state index in [4.69, 9.17) is 43.1 Å². The molecule has 1 aromatic heterocycles. The van der Waals surface area contributed by atoms with Crippen molar-refractivity contribution in [3.63, 3.8) is 0 Å². The SMILES string of the molecule is CCOCc1cc(OC)c(-c2ccc(C[C@@H]3N=C(OC)C(C(C)C)N=C3OC)c3nc(C)oc23)c(OC)c1. The fourth-order valence-electron chi connectivity index (χ4n) is 4.76. The maximum atomic E-state index is 6.15. The minimum atomic E-state index is -0.335. The van der Waals surface area contributed by atoms with Gasteiger partial charge in [-0.1, -0.05) is 19.9 Å². The van der Waals surface area contributed by atoms with Crippen LogP contribution in [0.25, 0.3) is 22.2 Å². The van der Waals surface area contributed by atoms with E-state index in [9.17, 15) is 0 Å². The lowest BCUT2D eigenvalue weighted by molar-refractivity contribution is 0.133. The van der Waals surface area contributed by atoms with Crippen molar-refractivity contribution in [1.82, 2.24) is 4.98 Å². The van der Waals surface area contributed by atoms with Crippen LogP contribution >= 0.6 is 0 Å². The number of aliphatic imine (C=N–C) groups is 2. The molecule has 0 radical (unpaired) electrons. The van der Waals surface area contributed by atoms with Crippen molar-refractivity contribution in [2.45, 2.75) is 52.8 Å². The smallest absolute Gasteiger partial charge is 0.209 e. The Bertz CT molecular complexity index is 1320. The van der Waals surface area contributed by atoms with Crippen LogP contribution in [0.2, 0.25) is 0 Å². The maximum absolute atomic E-state index is 6.15. The van der Waals surface area contributed by atoms with Crippen molar-refractivity contribution in [2.24, 2.45) is 15.9 Å². The van der Waals surface area contributed by atoms with Gasteiger partial charge in [0.25, 0.3) is 0 Å². The quantitative estimate of drug-likeness (QED) is 0.371. The van der Waals surface area contributed by atoms with Crippen LogP contribution in [0.4, 0.5) is 0 Å². The molecular weight excluding hydrogens is 486 g/mol. The van der Waals surface area contributed by atoms with Crippen LogP contribution in [0.3, 0.4) is 0 Å². The Kier molecular flexibility index (Phi) is 8.56. The maximum Gasteiger partial charge on any atom is 0.209 e. The van der Waals surface area contributed by atoms with Crippen LogP contribution in [0.15, 0.2) is 38.7 Å². The Morgan fingerprint density at radius 2 is 1.61 bits per heavy atom. The summed E-state index contributed by atoms with van der Waals surface area (Å²) in [6.07, 6.45) is 0.522. The van der Waals surface area contributed by atoms with Gasteiger partial charge in [-0.3, -0.25) is 0 Å². The fraction of sp³-hybridized carbons (Fsp3) is 0.483. The van der Waals surface area contributed by atoms with Crippen LogP contribution in [0.5, 0.6) is 11.5 Å². The Hall–Kier alpha value is -3.59. The average molecular weight is 524 g/mol. The first-order chi connectivity index (χ1) is 18.3. The zero-order chi connectivity index (χ0) is 27.4. The lowest BCUT2D eigenvalue weighted by Gasteiger charge is -2.27. The minimum absolute atomic E-state index is 0.173. The van der Waals surface area contributed by atoms with Gasteiger partial charge in [-0.25, -0.2) is 15.0 Å². The highest BCUT2D eigenvalue weighted by Gasteiger charge is 2.32. The second-order valence-corrected chi connectivity index (χ2v) is 9.45. The van der Waals surface area contributed by atoms with E-state index in [1.807, 2.05) is 38.1 Å². The van der Waals surface area contributed by atoms with Gasteiger partial charge in [-0.15, -0.1) is 0 Å². The third kappa shape index (κ3) is 5.34. The molecule has 2 aromatic carbocycles. The van der Waals surface area contributed by atoms with Crippen molar-refractivity contribution in [1.29, 1.82) is 0 Å². The summed E-state index contributed by atoms with van der Waals surface area (Å²) in [5, 5.41) is 0. The zero-order valence-corrected chi connectivity index (χ0v) is 23.5. The second kappa shape index (κ2) is 11.9. The first-order valence-electron chi connectivity index (χ1n) is 12.8.